The molecule has 0 radical (unpaired) electrons. The van der Waals surface area contributed by atoms with Gasteiger partial charge in [-0.3, -0.25) is 0 Å². The number of rotatable bonds is 5. The number of aryl methyl sites for hydroxylation is 2. The van der Waals surface area contributed by atoms with Crippen molar-refractivity contribution in [2.24, 2.45) is 5.92 Å². The number of aliphatic hydroxyl groups excluding tert-OH is 1. The Kier molecular flexibility index (Phi) is 4.06. The van der Waals surface area contributed by atoms with Gasteiger partial charge >= 0.3 is 0 Å². The molecule has 0 bridgehead atoms. The zero-order valence-electron chi connectivity index (χ0n) is 12.8. The summed E-state index contributed by atoms with van der Waals surface area (Å²) in [6.45, 7) is 5.15. The summed E-state index contributed by atoms with van der Waals surface area (Å²) in [4.78, 5) is 4.30. The SMILES string of the molecule is CC(C)Cn1ncnc1CC(O)c1ccc2c(c1)CCC2. The van der Waals surface area contributed by atoms with Crippen LogP contribution in [0, 0.1) is 5.92 Å². The van der Waals surface area contributed by atoms with Crippen LogP contribution in [0.3, 0.4) is 0 Å². The molecule has 0 fully saturated rings. The predicted molar refractivity (Wildman–Crippen MR) is 82.0 cm³/mol. The molecule has 1 heterocycles. The lowest BCUT2D eigenvalue weighted by Crippen LogP contribution is -2.13. The Hall–Kier alpha value is -1.68. The van der Waals surface area contributed by atoms with Gasteiger partial charge in [0.1, 0.15) is 12.2 Å². The third kappa shape index (κ3) is 3.16. The average Bonchev–Trinajstić information content (AvgIpc) is 3.06. The highest BCUT2D eigenvalue weighted by Crippen LogP contribution is 2.26. The van der Waals surface area contributed by atoms with E-state index in [1.54, 1.807) is 6.33 Å². The molecule has 2 aromatic rings. The minimum atomic E-state index is -0.508. The molecule has 0 saturated heterocycles. The first-order valence-corrected chi connectivity index (χ1v) is 7.80. The van der Waals surface area contributed by atoms with Crippen LogP contribution in [0.25, 0.3) is 0 Å². The summed E-state index contributed by atoms with van der Waals surface area (Å²) in [5.41, 5.74) is 3.83. The Labute approximate surface area is 125 Å². The number of nitrogens with zero attached hydrogens (tertiary/aromatic N) is 3. The highest BCUT2D eigenvalue weighted by atomic mass is 16.3. The van der Waals surface area contributed by atoms with E-state index in [9.17, 15) is 5.11 Å². The summed E-state index contributed by atoms with van der Waals surface area (Å²) in [6, 6.07) is 6.38. The van der Waals surface area contributed by atoms with E-state index in [1.165, 1.54) is 24.0 Å². The minimum absolute atomic E-state index is 0.508. The first-order chi connectivity index (χ1) is 10.1. The van der Waals surface area contributed by atoms with Crippen molar-refractivity contribution in [3.8, 4) is 0 Å². The summed E-state index contributed by atoms with van der Waals surface area (Å²) >= 11 is 0. The van der Waals surface area contributed by atoms with Crippen LogP contribution < -0.4 is 0 Å². The highest BCUT2D eigenvalue weighted by molar-refractivity contribution is 5.36. The molecule has 4 nitrogen and oxygen atoms in total. The molecule has 0 amide bonds. The summed E-state index contributed by atoms with van der Waals surface area (Å²) in [6.07, 6.45) is 5.13. The number of aromatic nitrogens is 3. The fourth-order valence-electron chi connectivity index (χ4n) is 3.03. The second kappa shape index (κ2) is 5.98. The fourth-order valence-corrected chi connectivity index (χ4v) is 3.03. The first-order valence-electron chi connectivity index (χ1n) is 7.80. The van der Waals surface area contributed by atoms with Crippen molar-refractivity contribution in [1.29, 1.82) is 0 Å². The van der Waals surface area contributed by atoms with Crippen molar-refractivity contribution in [2.75, 3.05) is 0 Å². The van der Waals surface area contributed by atoms with Crippen LogP contribution >= 0.6 is 0 Å². The second-order valence-electron chi connectivity index (χ2n) is 6.35. The zero-order chi connectivity index (χ0) is 14.8. The van der Waals surface area contributed by atoms with Gasteiger partial charge in [-0.15, -0.1) is 0 Å². The van der Waals surface area contributed by atoms with Gasteiger partial charge in [0.15, 0.2) is 0 Å². The Morgan fingerprint density at radius 3 is 2.86 bits per heavy atom. The normalized spacial score (nSPS) is 15.4. The fraction of sp³-hybridized carbons (Fsp3) is 0.529. The van der Waals surface area contributed by atoms with Gasteiger partial charge in [0.25, 0.3) is 0 Å². The van der Waals surface area contributed by atoms with E-state index in [4.69, 9.17) is 0 Å². The molecular formula is C17H23N3O. The largest absolute Gasteiger partial charge is 0.388 e. The van der Waals surface area contributed by atoms with E-state index in [0.717, 1.165) is 24.4 Å². The van der Waals surface area contributed by atoms with Crippen LogP contribution in [-0.2, 0) is 25.8 Å². The van der Waals surface area contributed by atoms with E-state index in [-0.39, 0.29) is 0 Å². The number of hydrogen-bond donors (Lipinski definition) is 1. The van der Waals surface area contributed by atoms with E-state index >= 15 is 0 Å². The van der Waals surface area contributed by atoms with Gasteiger partial charge < -0.3 is 5.11 Å². The van der Waals surface area contributed by atoms with Crippen LogP contribution in [0.4, 0.5) is 0 Å². The monoisotopic (exact) mass is 285 g/mol. The van der Waals surface area contributed by atoms with Crippen molar-refractivity contribution < 1.29 is 5.11 Å². The smallest absolute Gasteiger partial charge is 0.138 e. The van der Waals surface area contributed by atoms with Crippen molar-refractivity contribution in [1.82, 2.24) is 14.8 Å². The molecule has 0 saturated carbocycles. The van der Waals surface area contributed by atoms with Crippen molar-refractivity contribution in [3.05, 3.63) is 47.0 Å². The Bertz CT molecular complexity index is 618. The van der Waals surface area contributed by atoms with Gasteiger partial charge in [0.05, 0.1) is 6.10 Å². The summed E-state index contributed by atoms with van der Waals surface area (Å²) in [5.74, 6) is 1.37. The molecule has 1 unspecified atom stereocenters. The molecule has 3 rings (SSSR count). The number of aliphatic hydroxyl groups is 1. The molecule has 1 aromatic heterocycles. The van der Waals surface area contributed by atoms with E-state index < -0.39 is 6.10 Å². The van der Waals surface area contributed by atoms with E-state index in [2.05, 4.69) is 42.1 Å². The first kappa shape index (κ1) is 14.3. The molecule has 1 aromatic carbocycles. The maximum Gasteiger partial charge on any atom is 0.138 e. The summed E-state index contributed by atoms with van der Waals surface area (Å²) < 4.78 is 1.90. The lowest BCUT2D eigenvalue weighted by atomic mass is 10.0. The van der Waals surface area contributed by atoms with Gasteiger partial charge in [0.2, 0.25) is 0 Å². The Morgan fingerprint density at radius 1 is 1.24 bits per heavy atom. The quantitative estimate of drug-likeness (QED) is 0.919. The molecule has 4 heteroatoms. The van der Waals surface area contributed by atoms with Crippen LogP contribution in [0.1, 0.15) is 48.9 Å². The number of benzene rings is 1. The van der Waals surface area contributed by atoms with Gasteiger partial charge in [0, 0.05) is 13.0 Å². The number of hydrogen-bond acceptors (Lipinski definition) is 3. The average molecular weight is 285 g/mol. The Balaban J connectivity index is 1.74. The standard InChI is InChI=1S/C17H23N3O/c1-12(2)10-20-17(18-11-19-20)9-16(21)15-7-6-13-4-3-5-14(13)8-15/h6-8,11-12,16,21H,3-5,9-10H2,1-2H3. The van der Waals surface area contributed by atoms with Gasteiger partial charge in [-0.05, 0) is 41.9 Å². The molecule has 0 spiro atoms. The molecule has 0 aliphatic heterocycles. The third-order valence-electron chi connectivity index (χ3n) is 4.12. The van der Waals surface area contributed by atoms with Crippen molar-refractivity contribution in [2.45, 2.75) is 52.2 Å². The van der Waals surface area contributed by atoms with Crippen molar-refractivity contribution >= 4 is 0 Å². The van der Waals surface area contributed by atoms with Crippen LogP contribution in [0.2, 0.25) is 0 Å². The van der Waals surface area contributed by atoms with Crippen LogP contribution in [0.5, 0.6) is 0 Å². The predicted octanol–water partition coefficient (Wildman–Crippen LogP) is 2.70. The zero-order valence-corrected chi connectivity index (χ0v) is 12.8. The lowest BCUT2D eigenvalue weighted by molar-refractivity contribution is 0.173. The molecule has 1 aliphatic rings. The maximum atomic E-state index is 10.5. The lowest BCUT2D eigenvalue weighted by Gasteiger charge is -2.14. The summed E-state index contributed by atoms with van der Waals surface area (Å²) in [7, 11) is 0. The maximum absolute atomic E-state index is 10.5. The van der Waals surface area contributed by atoms with Crippen LogP contribution in [0.15, 0.2) is 24.5 Å². The number of fused-ring (bicyclic) bond motifs is 1. The molecular weight excluding hydrogens is 262 g/mol. The molecule has 112 valence electrons. The molecule has 21 heavy (non-hydrogen) atoms. The van der Waals surface area contributed by atoms with E-state index in [1.807, 2.05) is 4.68 Å². The Morgan fingerprint density at radius 2 is 2.05 bits per heavy atom. The molecule has 1 atom stereocenters. The minimum Gasteiger partial charge on any atom is -0.388 e. The second-order valence-corrected chi connectivity index (χ2v) is 6.35. The van der Waals surface area contributed by atoms with E-state index in [0.29, 0.717) is 12.3 Å². The third-order valence-corrected chi connectivity index (χ3v) is 4.12. The van der Waals surface area contributed by atoms with Crippen LogP contribution in [-0.4, -0.2) is 19.9 Å². The van der Waals surface area contributed by atoms with Gasteiger partial charge in [-0.1, -0.05) is 32.0 Å². The van der Waals surface area contributed by atoms with Gasteiger partial charge in [-0.25, -0.2) is 9.67 Å². The highest BCUT2D eigenvalue weighted by Gasteiger charge is 2.17. The molecule has 1 aliphatic carbocycles. The van der Waals surface area contributed by atoms with Gasteiger partial charge in [-0.2, -0.15) is 5.10 Å². The summed E-state index contributed by atoms with van der Waals surface area (Å²) in [5, 5.41) is 14.8. The molecule has 1 N–H and O–H groups in total. The topological polar surface area (TPSA) is 50.9 Å². The van der Waals surface area contributed by atoms with Crippen molar-refractivity contribution in [3.63, 3.8) is 0 Å².